The molecule has 1 aliphatic rings. The van der Waals surface area contributed by atoms with Gasteiger partial charge >= 0.3 is 0 Å². The Labute approximate surface area is 146 Å². The number of nitrogens with zero attached hydrogens (tertiary/aromatic N) is 3. The van der Waals surface area contributed by atoms with Crippen molar-refractivity contribution in [3.63, 3.8) is 0 Å². The van der Waals surface area contributed by atoms with E-state index in [0.29, 0.717) is 11.1 Å². The normalized spacial score (nSPS) is 14.6. The van der Waals surface area contributed by atoms with Crippen LogP contribution in [0.4, 0.5) is 5.82 Å². The first kappa shape index (κ1) is 16.8. The summed E-state index contributed by atoms with van der Waals surface area (Å²) in [6, 6.07) is 11.5. The molecule has 0 atom stereocenters. The molecule has 1 aromatic heterocycles. The molecule has 6 nitrogen and oxygen atoms in total. The highest BCUT2D eigenvalue weighted by Gasteiger charge is 2.18. The second-order valence-corrected chi connectivity index (χ2v) is 6.25. The van der Waals surface area contributed by atoms with Crippen LogP contribution in [0, 0.1) is 22.7 Å². The van der Waals surface area contributed by atoms with Crippen molar-refractivity contribution in [3.8, 4) is 23.3 Å². The fourth-order valence-electron chi connectivity index (χ4n) is 3.28. The third-order valence-electron chi connectivity index (χ3n) is 4.57. The zero-order chi connectivity index (χ0) is 17.8. The quantitative estimate of drug-likeness (QED) is 0.896. The Balaban J connectivity index is 1.96. The summed E-state index contributed by atoms with van der Waals surface area (Å²) in [7, 11) is 0. The number of rotatable bonds is 3. The van der Waals surface area contributed by atoms with E-state index in [1.807, 2.05) is 36.4 Å². The number of hydrogen-bond acceptors (Lipinski definition) is 5. The minimum Gasteiger partial charge on any atom is -0.384 e. The molecule has 1 fully saturated rings. The molecule has 3 rings (SSSR count). The zero-order valence-corrected chi connectivity index (χ0v) is 13.9. The van der Waals surface area contributed by atoms with Crippen molar-refractivity contribution in [2.45, 2.75) is 25.8 Å². The van der Waals surface area contributed by atoms with Crippen molar-refractivity contribution in [2.24, 2.45) is 0 Å². The first-order valence-corrected chi connectivity index (χ1v) is 8.31. The number of nitrogen functional groups attached to an aromatic ring is 1. The summed E-state index contributed by atoms with van der Waals surface area (Å²) < 4.78 is 0. The minimum atomic E-state index is -0.577. The Kier molecular flexibility index (Phi) is 4.83. The maximum atomic E-state index is 12.0. The van der Waals surface area contributed by atoms with Crippen molar-refractivity contribution < 1.29 is 0 Å². The van der Waals surface area contributed by atoms with Gasteiger partial charge < -0.3 is 10.7 Å². The molecule has 1 aliphatic heterocycles. The molecule has 2 aromatic rings. The minimum absolute atomic E-state index is 0.0149. The predicted octanol–water partition coefficient (Wildman–Crippen LogP) is 2.35. The van der Waals surface area contributed by atoms with Crippen LogP contribution in [0.3, 0.4) is 0 Å². The van der Waals surface area contributed by atoms with Crippen LogP contribution in [0.25, 0.3) is 11.1 Å². The van der Waals surface area contributed by atoms with Crippen LogP contribution in [-0.2, 0) is 6.54 Å². The van der Waals surface area contributed by atoms with Crippen LogP contribution in [0.1, 0.15) is 36.0 Å². The summed E-state index contributed by atoms with van der Waals surface area (Å²) in [5, 5.41) is 18.7. The fraction of sp³-hybridized carbons (Fsp3) is 0.316. The average Bonchev–Trinajstić information content (AvgIpc) is 2.63. The van der Waals surface area contributed by atoms with Gasteiger partial charge in [0.2, 0.25) is 0 Å². The van der Waals surface area contributed by atoms with E-state index in [4.69, 9.17) is 5.73 Å². The van der Waals surface area contributed by atoms with Gasteiger partial charge in [0.1, 0.15) is 29.1 Å². The van der Waals surface area contributed by atoms with E-state index in [0.717, 1.165) is 19.6 Å². The molecule has 0 amide bonds. The van der Waals surface area contributed by atoms with Crippen molar-refractivity contribution in [1.82, 2.24) is 9.88 Å². The van der Waals surface area contributed by atoms with Gasteiger partial charge in [0.05, 0.1) is 0 Å². The van der Waals surface area contributed by atoms with E-state index in [1.54, 1.807) is 0 Å². The van der Waals surface area contributed by atoms with Crippen molar-refractivity contribution >= 4 is 5.82 Å². The van der Waals surface area contributed by atoms with Gasteiger partial charge in [-0.05, 0) is 37.1 Å². The second-order valence-electron chi connectivity index (χ2n) is 6.25. The predicted molar refractivity (Wildman–Crippen MR) is 95.5 cm³/mol. The number of piperidine rings is 1. The third kappa shape index (κ3) is 3.40. The Morgan fingerprint density at radius 2 is 1.68 bits per heavy atom. The molecule has 1 saturated heterocycles. The standard InChI is InChI=1S/C19H19N5O/c20-10-15-17(16(11-21)19(25)23-18(15)22)14-6-4-13(5-7-14)12-24-8-2-1-3-9-24/h4-7H,1-3,8-9,12H2,(H3,22,23,25). The van der Waals surface area contributed by atoms with Crippen LogP contribution in [0.2, 0.25) is 0 Å². The number of nitrogens with two attached hydrogens (primary N) is 1. The molecular formula is C19H19N5O. The van der Waals surface area contributed by atoms with E-state index < -0.39 is 5.56 Å². The monoisotopic (exact) mass is 333 g/mol. The Morgan fingerprint density at radius 3 is 2.28 bits per heavy atom. The molecular weight excluding hydrogens is 314 g/mol. The number of pyridine rings is 1. The van der Waals surface area contributed by atoms with E-state index in [2.05, 4.69) is 9.88 Å². The van der Waals surface area contributed by atoms with Crippen molar-refractivity contribution in [3.05, 3.63) is 51.3 Å². The zero-order valence-electron chi connectivity index (χ0n) is 13.9. The number of nitrogens with one attached hydrogen (secondary N) is 1. The lowest BCUT2D eigenvalue weighted by Crippen LogP contribution is -2.29. The second kappa shape index (κ2) is 7.21. The lowest BCUT2D eigenvalue weighted by atomic mass is 9.96. The summed E-state index contributed by atoms with van der Waals surface area (Å²) in [6.07, 6.45) is 3.77. The van der Waals surface area contributed by atoms with Crippen LogP contribution < -0.4 is 11.3 Å². The lowest BCUT2D eigenvalue weighted by molar-refractivity contribution is 0.221. The lowest BCUT2D eigenvalue weighted by Gasteiger charge is -2.26. The molecule has 25 heavy (non-hydrogen) atoms. The summed E-state index contributed by atoms with van der Waals surface area (Å²) in [5.74, 6) is -0.0149. The molecule has 2 heterocycles. The van der Waals surface area contributed by atoms with Crippen LogP contribution in [0.5, 0.6) is 0 Å². The van der Waals surface area contributed by atoms with Crippen molar-refractivity contribution in [1.29, 1.82) is 10.5 Å². The highest BCUT2D eigenvalue weighted by atomic mass is 16.1. The molecule has 126 valence electrons. The number of aromatic amines is 1. The van der Waals surface area contributed by atoms with Crippen LogP contribution >= 0.6 is 0 Å². The Hall–Kier alpha value is -3.09. The van der Waals surface area contributed by atoms with Gasteiger partial charge in [0, 0.05) is 12.1 Å². The molecule has 0 aliphatic carbocycles. The SMILES string of the molecule is N#Cc1c(N)[nH]c(=O)c(C#N)c1-c1ccc(CN2CCCCC2)cc1. The number of nitriles is 2. The first-order valence-electron chi connectivity index (χ1n) is 8.31. The van der Waals surface area contributed by atoms with Gasteiger partial charge in [-0.15, -0.1) is 0 Å². The first-order chi connectivity index (χ1) is 12.1. The molecule has 0 spiro atoms. The number of H-pyrrole nitrogens is 1. The summed E-state index contributed by atoms with van der Waals surface area (Å²) in [5.41, 5.74) is 7.33. The number of aromatic nitrogens is 1. The molecule has 0 unspecified atom stereocenters. The molecule has 1 aromatic carbocycles. The summed E-state index contributed by atoms with van der Waals surface area (Å²) in [6.45, 7) is 3.11. The molecule has 0 radical (unpaired) electrons. The van der Waals surface area contributed by atoms with Crippen LogP contribution in [-0.4, -0.2) is 23.0 Å². The van der Waals surface area contributed by atoms with E-state index in [1.165, 1.54) is 24.8 Å². The summed E-state index contributed by atoms with van der Waals surface area (Å²) >= 11 is 0. The third-order valence-corrected chi connectivity index (χ3v) is 4.57. The Bertz CT molecular complexity index is 909. The summed E-state index contributed by atoms with van der Waals surface area (Å²) in [4.78, 5) is 16.8. The van der Waals surface area contributed by atoms with Gasteiger partial charge in [-0.25, -0.2) is 0 Å². The maximum absolute atomic E-state index is 12.0. The molecule has 3 N–H and O–H groups in total. The highest BCUT2D eigenvalue weighted by molar-refractivity contribution is 5.80. The Morgan fingerprint density at radius 1 is 1.04 bits per heavy atom. The van der Waals surface area contributed by atoms with Crippen molar-refractivity contribution in [2.75, 3.05) is 18.8 Å². The highest BCUT2D eigenvalue weighted by Crippen LogP contribution is 2.28. The van der Waals surface area contributed by atoms with Gasteiger partial charge in [-0.2, -0.15) is 10.5 Å². The smallest absolute Gasteiger partial charge is 0.268 e. The van der Waals surface area contributed by atoms with Gasteiger partial charge in [0.15, 0.2) is 0 Å². The fourth-order valence-corrected chi connectivity index (χ4v) is 3.28. The molecule has 0 saturated carbocycles. The van der Waals surface area contributed by atoms with Gasteiger partial charge in [0.25, 0.3) is 5.56 Å². The van der Waals surface area contributed by atoms with Gasteiger partial charge in [-0.3, -0.25) is 9.69 Å². The number of likely N-dealkylation sites (tertiary alicyclic amines) is 1. The number of benzene rings is 1. The largest absolute Gasteiger partial charge is 0.384 e. The molecule has 0 bridgehead atoms. The van der Waals surface area contributed by atoms with E-state index >= 15 is 0 Å². The molecule has 6 heteroatoms. The average molecular weight is 333 g/mol. The van der Waals surface area contributed by atoms with Gasteiger partial charge in [-0.1, -0.05) is 30.7 Å². The number of hydrogen-bond donors (Lipinski definition) is 2. The number of anilines is 1. The van der Waals surface area contributed by atoms with E-state index in [-0.39, 0.29) is 16.9 Å². The topological polar surface area (TPSA) is 110 Å². The maximum Gasteiger partial charge on any atom is 0.268 e. The van der Waals surface area contributed by atoms with Crippen LogP contribution in [0.15, 0.2) is 29.1 Å². The van der Waals surface area contributed by atoms with E-state index in [9.17, 15) is 15.3 Å².